The molecular formula is C12H14Cl2N4O3. The number of benzene rings is 1. The highest BCUT2D eigenvalue weighted by Gasteiger charge is 2.15. The van der Waals surface area contributed by atoms with Crippen molar-refractivity contribution in [3.8, 4) is 11.5 Å². The number of nitrogens with one attached hydrogen (secondary N) is 1. The lowest BCUT2D eigenvalue weighted by atomic mass is 10.2. The van der Waals surface area contributed by atoms with Crippen molar-refractivity contribution in [2.75, 3.05) is 7.05 Å². The van der Waals surface area contributed by atoms with Gasteiger partial charge in [0.2, 0.25) is 0 Å². The van der Waals surface area contributed by atoms with Gasteiger partial charge in [-0.1, -0.05) is 16.8 Å². The number of nitrogens with zero attached hydrogens (tertiary/aromatic N) is 3. The molecule has 0 aliphatic heterocycles. The first-order chi connectivity index (χ1) is 9.49. The first-order valence-electron chi connectivity index (χ1n) is 5.95. The number of halogens is 2. The third-order valence-corrected chi connectivity index (χ3v) is 3.01. The molecule has 0 bridgehead atoms. The van der Waals surface area contributed by atoms with Crippen LogP contribution in [0, 0.1) is 10.1 Å². The maximum atomic E-state index is 10.8. The van der Waals surface area contributed by atoms with Crippen LogP contribution in [0.25, 0.3) is 11.5 Å². The second kappa shape index (κ2) is 7.35. The third-order valence-electron chi connectivity index (χ3n) is 2.79. The van der Waals surface area contributed by atoms with E-state index in [-0.39, 0.29) is 35.0 Å². The Morgan fingerprint density at radius 3 is 2.81 bits per heavy atom. The minimum Gasteiger partial charge on any atom is -0.334 e. The lowest BCUT2D eigenvalue weighted by molar-refractivity contribution is -0.384. The number of nitro benzene ring substituents is 1. The van der Waals surface area contributed by atoms with Crippen molar-refractivity contribution >= 4 is 29.7 Å². The van der Waals surface area contributed by atoms with Crippen molar-refractivity contribution in [3.05, 3.63) is 39.2 Å². The Bertz CT molecular complexity index is 633. The first-order valence-corrected chi connectivity index (χ1v) is 6.32. The fraction of sp³-hybridized carbons (Fsp3) is 0.333. The third kappa shape index (κ3) is 4.38. The van der Waals surface area contributed by atoms with Crippen molar-refractivity contribution in [3.63, 3.8) is 0 Å². The number of hydrogen-bond acceptors (Lipinski definition) is 6. The van der Waals surface area contributed by atoms with Gasteiger partial charge in [-0.15, -0.1) is 12.4 Å². The number of rotatable bonds is 5. The molecule has 0 spiro atoms. The molecule has 1 aromatic heterocycles. The molecule has 2 rings (SSSR count). The second-order valence-corrected chi connectivity index (χ2v) is 4.80. The topological polar surface area (TPSA) is 94.1 Å². The zero-order valence-electron chi connectivity index (χ0n) is 11.4. The van der Waals surface area contributed by atoms with Crippen LogP contribution >= 0.6 is 24.0 Å². The highest BCUT2D eigenvalue weighted by Crippen LogP contribution is 2.27. The standard InChI is InChI=1S/C12H13ClN4O3.ClH/c1-7(14-2)3-11-15-12(20-16-11)8-4-9(13)6-10(5-8)17(18)19;/h4-7,14H,3H2,1-2H3;1H. The van der Waals surface area contributed by atoms with Gasteiger partial charge in [0, 0.05) is 35.2 Å². The van der Waals surface area contributed by atoms with Gasteiger partial charge in [-0.2, -0.15) is 4.98 Å². The van der Waals surface area contributed by atoms with Crippen LogP contribution in [0.3, 0.4) is 0 Å². The molecule has 7 nitrogen and oxygen atoms in total. The maximum Gasteiger partial charge on any atom is 0.271 e. The predicted octanol–water partition coefficient (Wildman–Crippen LogP) is 2.87. The molecule has 21 heavy (non-hydrogen) atoms. The molecule has 0 radical (unpaired) electrons. The van der Waals surface area contributed by atoms with E-state index >= 15 is 0 Å². The first kappa shape index (κ1) is 17.4. The molecule has 0 amide bonds. The van der Waals surface area contributed by atoms with E-state index in [0.29, 0.717) is 17.8 Å². The van der Waals surface area contributed by atoms with Crippen LogP contribution in [0.2, 0.25) is 5.02 Å². The van der Waals surface area contributed by atoms with Gasteiger partial charge >= 0.3 is 0 Å². The van der Waals surface area contributed by atoms with Crippen LogP contribution in [0.1, 0.15) is 12.7 Å². The van der Waals surface area contributed by atoms with Gasteiger partial charge in [-0.05, 0) is 20.0 Å². The summed E-state index contributed by atoms with van der Waals surface area (Å²) in [6.07, 6.45) is 0.600. The monoisotopic (exact) mass is 332 g/mol. The highest BCUT2D eigenvalue weighted by molar-refractivity contribution is 6.31. The summed E-state index contributed by atoms with van der Waals surface area (Å²) in [5.74, 6) is 0.749. The molecule has 9 heteroatoms. The summed E-state index contributed by atoms with van der Waals surface area (Å²) in [6, 6.07) is 4.37. The molecule has 2 aromatic rings. The van der Waals surface area contributed by atoms with Gasteiger partial charge in [0.15, 0.2) is 5.82 Å². The Morgan fingerprint density at radius 2 is 2.19 bits per heavy atom. The minimum atomic E-state index is -0.518. The lowest BCUT2D eigenvalue weighted by Crippen LogP contribution is -2.24. The van der Waals surface area contributed by atoms with Crippen molar-refractivity contribution in [1.29, 1.82) is 0 Å². The van der Waals surface area contributed by atoms with Crippen LogP contribution in [-0.4, -0.2) is 28.2 Å². The number of nitro groups is 1. The SMILES string of the molecule is CNC(C)Cc1noc(-c2cc(Cl)cc([N+](=O)[O-])c2)n1.Cl. The Kier molecular flexibility index (Phi) is 6.07. The fourth-order valence-corrected chi connectivity index (χ4v) is 1.86. The number of aromatic nitrogens is 2. The van der Waals surface area contributed by atoms with Crippen LogP contribution in [0.4, 0.5) is 5.69 Å². The van der Waals surface area contributed by atoms with Crippen LogP contribution in [0.15, 0.2) is 22.7 Å². The second-order valence-electron chi connectivity index (χ2n) is 4.36. The van der Waals surface area contributed by atoms with E-state index in [1.165, 1.54) is 12.1 Å². The van der Waals surface area contributed by atoms with Crippen molar-refractivity contribution in [2.24, 2.45) is 0 Å². The molecule has 0 saturated carbocycles. The summed E-state index contributed by atoms with van der Waals surface area (Å²) in [5, 5.41) is 18.0. The van der Waals surface area contributed by atoms with Gasteiger partial charge in [-0.25, -0.2) is 0 Å². The molecule has 1 unspecified atom stereocenters. The van der Waals surface area contributed by atoms with Crippen LogP contribution < -0.4 is 5.32 Å². The highest BCUT2D eigenvalue weighted by atomic mass is 35.5. The van der Waals surface area contributed by atoms with E-state index in [2.05, 4.69) is 15.5 Å². The van der Waals surface area contributed by atoms with E-state index in [0.717, 1.165) is 0 Å². The van der Waals surface area contributed by atoms with Crippen molar-refractivity contribution < 1.29 is 9.45 Å². The Morgan fingerprint density at radius 1 is 1.48 bits per heavy atom. The molecule has 1 heterocycles. The van der Waals surface area contributed by atoms with E-state index in [9.17, 15) is 10.1 Å². The minimum absolute atomic E-state index is 0. The molecule has 114 valence electrons. The summed E-state index contributed by atoms with van der Waals surface area (Å²) in [6.45, 7) is 1.99. The van der Waals surface area contributed by atoms with E-state index in [4.69, 9.17) is 16.1 Å². The Hall–Kier alpha value is -1.70. The molecular weight excluding hydrogens is 319 g/mol. The zero-order chi connectivity index (χ0) is 14.7. The van der Waals surface area contributed by atoms with Crippen molar-refractivity contribution in [1.82, 2.24) is 15.5 Å². The molecule has 0 aliphatic rings. The Balaban J connectivity index is 0.00000220. The molecule has 0 aliphatic carbocycles. The summed E-state index contributed by atoms with van der Waals surface area (Å²) >= 11 is 5.85. The summed E-state index contributed by atoms with van der Waals surface area (Å²) < 4.78 is 5.12. The average Bonchev–Trinajstić information content (AvgIpc) is 2.86. The largest absolute Gasteiger partial charge is 0.334 e. The lowest BCUT2D eigenvalue weighted by Gasteiger charge is -2.04. The van der Waals surface area contributed by atoms with Gasteiger partial charge in [0.1, 0.15) is 0 Å². The Labute approximate surface area is 132 Å². The quantitative estimate of drug-likeness (QED) is 0.668. The van der Waals surface area contributed by atoms with E-state index in [1.807, 2.05) is 14.0 Å². The molecule has 1 N–H and O–H groups in total. The van der Waals surface area contributed by atoms with Gasteiger partial charge in [0.25, 0.3) is 11.6 Å². The average molecular weight is 333 g/mol. The van der Waals surface area contributed by atoms with E-state index in [1.54, 1.807) is 6.07 Å². The number of likely N-dealkylation sites (N-methyl/N-ethyl adjacent to an activating group) is 1. The van der Waals surface area contributed by atoms with Gasteiger partial charge in [-0.3, -0.25) is 10.1 Å². The number of non-ortho nitro benzene ring substituents is 1. The van der Waals surface area contributed by atoms with Crippen LogP contribution in [0.5, 0.6) is 0 Å². The summed E-state index contributed by atoms with van der Waals surface area (Å²) in [5.41, 5.74) is 0.316. The predicted molar refractivity (Wildman–Crippen MR) is 80.9 cm³/mol. The number of hydrogen-bond donors (Lipinski definition) is 1. The van der Waals surface area contributed by atoms with Crippen molar-refractivity contribution in [2.45, 2.75) is 19.4 Å². The normalized spacial score (nSPS) is 11.8. The van der Waals surface area contributed by atoms with E-state index < -0.39 is 4.92 Å². The maximum absolute atomic E-state index is 10.8. The molecule has 0 saturated heterocycles. The molecule has 1 aromatic carbocycles. The molecule has 0 fully saturated rings. The summed E-state index contributed by atoms with van der Waals surface area (Å²) in [4.78, 5) is 14.5. The van der Waals surface area contributed by atoms with Crippen LogP contribution in [-0.2, 0) is 6.42 Å². The van der Waals surface area contributed by atoms with Gasteiger partial charge in [0.05, 0.1) is 4.92 Å². The smallest absolute Gasteiger partial charge is 0.271 e. The molecule has 1 atom stereocenters. The van der Waals surface area contributed by atoms with Gasteiger partial charge < -0.3 is 9.84 Å². The summed E-state index contributed by atoms with van der Waals surface area (Å²) in [7, 11) is 1.84. The zero-order valence-corrected chi connectivity index (χ0v) is 12.9. The fourth-order valence-electron chi connectivity index (χ4n) is 1.63.